The van der Waals surface area contributed by atoms with Gasteiger partial charge in [0.1, 0.15) is 0 Å². The van der Waals surface area contributed by atoms with Crippen LogP contribution in [-0.2, 0) is 11.8 Å². The second-order valence-electron chi connectivity index (χ2n) is 6.64. The molecule has 0 aliphatic carbocycles. The molecule has 144 valence electrons. The van der Waals surface area contributed by atoms with E-state index in [1.54, 1.807) is 10.9 Å². The fraction of sp³-hybridized carbons (Fsp3) is 0.316. The number of carbonyl (C=O) groups excluding carboxylic acids is 1. The van der Waals surface area contributed by atoms with Gasteiger partial charge in [-0.15, -0.1) is 24.8 Å². The van der Waals surface area contributed by atoms with Gasteiger partial charge in [-0.3, -0.25) is 14.5 Å². The summed E-state index contributed by atoms with van der Waals surface area (Å²) in [5.74, 6) is 0.0635. The third kappa shape index (κ3) is 4.08. The number of pyridine rings is 1. The Hall–Kier alpha value is -2.15. The van der Waals surface area contributed by atoms with Crippen LogP contribution in [0.5, 0.6) is 0 Å². The Kier molecular flexibility index (Phi) is 6.81. The van der Waals surface area contributed by atoms with Gasteiger partial charge in [0.05, 0.1) is 23.3 Å². The Bertz CT molecular complexity index is 943. The average Bonchev–Trinajstić information content (AvgIpc) is 3.26. The van der Waals surface area contributed by atoms with Crippen molar-refractivity contribution in [2.75, 3.05) is 18.4 Å². The van der Waals surface area contributed by atoms with Gasteiger partial charge in [0, 0.05) is 43.8 Å². The first-order valence-corrected chi connectivity index (χ1v) is 8.48. The minimum atomic E-state index is -0.114. The number of fused-ring (bicyclic) bond motifs is 1. The van der Waals surface area contributed by atoms with Crippen molar-refractivity contribution in [3.05, 3.63) is 54.0 Å². The van der Waals surface area contributed by atoms with E-state index in [9.17, 15) is 4.79 Å². The van der Waals surface area contributed by atoms with Crippen LogP contribution in [0.25, 0.3) is 10.9 Å². The van der Waals surface area contributed by atoms with Gasteiger partial charge >= 0.3 is 0 Å². The first kappa shape index (κ1) is 21.2. The molecule has 1 aliphatic rings. The van der Waals surface area contributed by atoms with E-state index in [2.05, 4.69) is 20.7 Å². The van der Waals surface area contributed by atoms with Crippen LogP contribution in [-0.4, -0.2) is 33.8 Å². The van der Waals surface area contributed by atoms with Crippen molar-refractivity contribution in [3.63, 3.8) is 0 Å². The number of nitrogens with one attached hydrogen (secondary N) is 2. The molecule has 1 amide bonds. The maximum atomic E-state index is 12.9. The molecular weight excluding hydrogens is 385 g/mol. The zero-order valence-corrected chi connectivity index (χ0v) is 16.8. The summed E-state index contributed by atoms with van der Waals surface area (Å²) in [7, 11) is 1.90. The molecule has 1 saturated heterocycles. The lowest BCUT2D eigenvalue weighted by atomic mass is 9.90. The Balaban J connectivity index is 0.00000131. The SMILES string of the molecule is Cc1ccc(NC(=O)[C@H]2CNC[C@@H]2c2cnn(C)c2)c2cccnc12.Cl.Cl. The highest BCUT2D eigenvalue weighted by Crippen LogP contribution is 2.30. The number of aromatic nitrogens is 3. The summed E-state index contributed by atoms with van der Waals surface area (Å²) < 4.78 is 1.78. The summed E-state index contributed by atoms with van der Waals surface area (Å²) in [6.07, 6.45) is 5.62. The van der Waals surface area contributed by atoms with E-state index in [1.807, 2.05) is 50.6 Å². The first-order chi connectivity index (χ1) is 12.1. The van der Waals surface area contributed by atoms with Crippen molar-refractivity contribution in [2.45, 2.75) is 12.8 Å². The zero-order valence-electron chi connectivity index (χ0n) is 15.2. The number of amides is 1. The molecule has 2 atom stereocenters. The van der Waals surface area contributed by atoms with Crippen molar-refractivity contribution >= 4 is 47.3 Å². The number of aryl methyl sites for hydroxylation is 2. The van der Waals surface area contributed by atoms with Gasteiger partial charge in [0.25, 0.3) is 0 Å². The van der Waals surface area contributed by atoms with Crippen molar-refractivity contribution in [2.24, 2.45) is 13.0 Å². The van der Waals surface area contributed by atoms with Gasteiger partial charge in [0.2, 0.25) is 5.91 Å². The second-order valence-corrected chi connectivity index (χ2v) is 6.64. The Labute approximate surface area is 170 Å². The molecule has 0 unspecified atom stereocenters. The standard InChI is InChI=1S/C19H21N5O.2ClH/c1-12-5-6-17(14-4-3-7-21-18(12)14)23-19(25)16-10-20-9-15(16)13-8-22-24(2)11-13;;/h3-8,11,15-16,20H,9-10H2,1-2H3,(H,23,25);2*1H/t15-,16+;;/m1../s1. The lowest BCUT2D eigenvalue weighted by Gasteiger charge is -2.18. The van der Waals surface area contributed by atoms with Gasteiger partial charge in [0.15, 0.2) is 0 Å². The number of hydrogen-bond acceptors (Lipinski definition) is 4. The summed E-state index contributed by atoms with van der Waals surface area (Å²) in [5.41, 5.74) is 3.94. The average molecular weight is 408 g/mol. The molecule has 4 rings (SSSR count). The predicted octanol–water partition coefficient (Wildman–Crippen LogP) is 3.06. The second kappa shape index (κ2) is 8.69. The lowest BCUT2D eigenvalue weighted by molar-refractivity contribution is -0.119. The number of nitrogens with zero attached hydrogens (tertiary/aromatic N) is 3. The summed E-state index contributed by atoms with van der Waals surface area (Å²) >= 11 is 0. The Morgan fingerprint density at radius 1 is 1.26 bits per heavy atom. The quantitative estimate of drug-likeness (QED) is 0.699. The lowest BCUT2D eigenvalue weighted by Crippen LogP contribution is -2.28. The molecule has 0 radical (unpaired) electrons. The van der Waals surface area contributed by atoms with Crippen LogP contribution in [0.3, 0.4) is 0 Å². The number of anilines is 1. The number of rotatable bonds is 3. The molecule has 3 aromatic rings. The third-order valence-corrected chi connectivity index (χ3v) is 4.93. The minimum absolute atomic E-state index is 0. The molecule has 0 saturated carbocycles. The van der Waals surface area contributed by atoms with E-state index in [4.69, 9.17) is 0 Å². The molecule has 2 N–H and O–H groups in total. The Morgan fingerprint density at radius 3 is 2.81 bits per heavy atom. The molecule has 27 heavy (non-hydrogen) atoms. The fourth-order valence-corrected chi connectivity index (χ4v) is 3.58. The van der Waals surface area contributed by atoms with Crippen LogP contribution >= 0.6 is 24.8 Å². The Morgan fingerprint density at radius 2 is 2.07 bits per heavy atom. The van der Waals surface area contributed by atoms with E-state index in [0.29, 0.717) is 6.54 Å². The van der Waals surface area contributed by atoms with Crippen molar-refractivity contribution in [1.29, 1.82) is 0 Å². The molecule has 1 aromatic carbocycles. The van der Waals surface area contributed by atoms with Gasteiger partial charge in [-0.2, -0.15) is 5.10 Å². The van der Waals surface area contributed by atoms with Crippen LogP contribution in [0.15, 0.2) is 42.9 Å². The highest BCUT2D eigenvalue weighted by molar-refractivity contribution is 6.03. The number of hydrogen-bond donors (Lipinski definition) is 2. The number of benzene rings is 1. The van der Waals surface area contributed by atoms with Gasteiger partial charge in [-0.1, -0.05) is 6.07 Å². The maximum Gasteiger partial charge on any atom is 0.229 e. The van der Waals surface area contributed by atoms with Crippen LogP contribution < -0.4 is 10.6 Å². The fourth-order valence-electron chi connectivity index (χ4n) is 3.58. The summed E-state index contributed by atoms with van der Waals surface area (Å²) in [5, 5.41) is 11.7. The number of halogens is 2. The van der Waals surface area contributed by atoms with E-state index in [0.717, 1.165) is 34.3 Å². The van der Waals surface area contributed by atoms with E-state index in [1.165, 1.54) is 0 Å². The maximum absolute atomic E-state index is 12.9. The smallest absolute Gasteiger partial charge is 0.229 e. The van der Waals surface area contributed by atoms with Crippen molar-refractivity contribution in [3.8, 4) is 0 Å². The highest BCUT2D eigenvalue weighted by atomic mass is 35.5. The molecule has 1 fully saturated rings. The normalized spacial score (nSPS) is 18.6. The first-order valence-electron chi connectivity index (χ1n) is 8.48. The van der Waals surface area contributed by atoms with Crippen LogP contribution in [0, 0.1) is 12.8 Å². The molecule has 8 heteroatoms. The van der Waals surface area contributed by atoms with Crippen molar-refractivity contribution in [1.82, 2.24) is 20.1 Å². The minimum Gasteiger partial charge on any atom is -0.325 e. The van der Waals surface area contributed by atoms with Crippen molar-refractivity contribution < 1.29 is 4.79 Å². The largest absolute Gasteiger partial charge is 0.325 e. The molecule has 6 nitrogen and oxygen atoms in total. The summed E-state index contributed by atoms with van der Waals surface area (Å²) in [6.45, 7) is 3.49. The van der Waals surface area contributed by atoms with Gasteiger partial charge in [-0.25, -0.2) is 0 Å². The number of carbonyl (C=O) groups is 1. The highest BCUT2D eigenvalue weighted by Gasteiger charge is 2.34. The summed E-state index contributed by atoms with van der Waals surface area (Å²) in [6, 6.07) is 7.85. The zero-order chi connectivity index (χ0) is 17.4. The molecule has 3 heterocycles. The molecular formula is C19H23Cl2N5O. The van der Waals surface area contributed by atoms with Gasteiger partial charge in [-0.05, 0) is 36.2 Å². The predicted molar refractivity (Wildman–Crippen MR) is 112 cm³/mol. The van der Waals surface area contributed by atoms with Crippen LogP contribution in [0.4, 0.5) is 5.69 Å². The van der Waals surface area contributed by atoms with E-state index in [-0.39, 0.29) is 42.6 Å². The molecule has 1 aliphatic heterocycles. The topological polar surface area (TPSA) is 71.8 Å². The molecule has 0 spiro atoms. The molecule has 0 bridgehead atoms. The van der Waals surface area contributed by atoms with Crippen LogP contribution in [0.2, 0.25) is 0 Å². The molecule has 2 aromatic heterocycles. The van der Waals surface area contributed by atoms with Crippen LogP contribution in [0.1, 0.15) is 17.0 Å². The third-order valence-electron chi connectivity index (χ3n) is 4.93. The summed E-state index contributed by atoms with van der Waals surface area (Å²) in [4.78, 5) is 17.4. The monoisotopic (exact) mass is 407 g/mol. The van der Waals surface area contributed by atoms with E-state index < -0.39 is 0 Å². The van der Waals surface area contributed by atoms with E-state index >= 15 is 0 Å². The van der Waals surface area contributed by atoms with Gasteiger partial charge < -0.3 is 10.6 Å².